The molecular weight excluding hydrogens is 218 g/mol. The van der Waals surface area contributed by atoms with Crippen LogP contribution in [0.2, 0.25) is 0 Å². The Hall–Kier alpha value is -1.32. The average Bonchev–Trinajstić information content (AvgIpc) is 2.23. The lowest BCUT2D eigenvalue weighted by molar-refractivity contribution is -0.148. The van der Waals surface area contributed by atoms with E-state index in [0.717, 1.165) is 19.3 Å². The first-order chi connectivity index (χ1) is 8.05. The summed E-state index contributed by atoms with van der Waals surface area (Å²) in [5, 5.41) is 8.66. The number of hydrogen-bond donors (Lipinski definition) is 1. The van der Waals surface area contributed by atoms with Gasteiger partial charge in [-0.05, 0) is 26.2 Å². The molecule has 0 heterocycles. The monoisotopic (exact) mass is 239 g/mol. The van der Waals surface area contributed by atoms with E-state index in [2.05, 4.69) is 6.58 Å². The topological polar surface area (TPSA) is 57.6 Å². The van der Waals surface area contributed by atoms with Crippen molar-refractivity contribution >= 4 is 11.9 Å². The number of carboxylic acid groups (broad SMARTS) is 1. The van der Waals surface area contributed by atoms with E-state index in [4.69, 9.17) is 5.11 Å². The SMILES string of the molecule is C=CCC1(C(=O)N(CC)CCC(=O)O)CCC1. The summed E-state index contributed by atoms with van der Waals surface area (Å²) in [5.74, 6) is -0.755. The fourth-order valence-electron chi connectivity index (χ4n) is 2.35. The van der Waals surface area contributed by atoms with Gasteiger partial charge in [-0.1, -0.05) is 12.5 Å². The molecule has 1 aliphatic rings. The molecular formula is C13H21NO3. The lowest BCUT2D eigenvalue weighted by atomic mass is 9.65. The highest BCUT2D eigenvalue weighted by molar-refractivity contribution is 5.84. The third-order valence-electron chi connectivity index (χ3n) is 3.56. The number of nitrogens with zero attached hydrogens (tertiary/aromatic N) is 1. The van der Waals surface area contributed by atoms with E-state index in [1.165, 1.54) is 0 Å². The fourth-order valence-corrected chi connectivity index (χ4v) is 2.35. The van der Waals surface area contributed by atoms with Crippen LogP contribution >= 0.6 is 0 Å². The third kappa shape index (κ3) is 3.08. The number of hydrogen-bond acceptors (Lipinski definition) is 2. The van der Waals surface area contributed by atoms with E-state index in [0.29, 0.717) is 19.5 Å². The smallest absolute Gasteiger partial charge is 0.305 e. The maximum Gasteiger partial charge on any atom is 0.305 e. The van der Waals surface area contributed by atoms with Crippen molar-refractivity contribution in [3.63, 3.8) is 0 Å². The molecule has 4 heteroatoms. The summed E-state index contributed by atoms with van der Waals surface area (Å²) >= 11 is 0. The molecule has 0 aromatic heterocycles. The third-order valence-corrected chi connectivity index (χ3v) is 3.56. The van der Waals surface area contributed by atoms with Crippen LogP contribution in [0.15, 0.2) is 12.7 Å². The van der Waals surface area contributed by atoms with Crippen LogP contribution in [0.5, 0.6) is 0 Å². The standard InChI is InChI=1S/C13H21NO3/c1-3-7-13(8-5-9-13)12(17)14(4-2)10-6-11(15)16/h3H,1,4-10H2,2H3,(H,15,16). The molecule has 4 nitrogen and oxygen atoms in total. The largest absolute Gasteiger partial charge is 0.481 e. The van der Waals surface area contributed by atoms with Crippen molar-refractivity contribution in [3.8, 4) is 0 Å². The molecule has 0 bridgehead atoms. The Bertz CT molecular complexity index is 308. The summed E-state index contributed by atoms with van der Waals surface area (Å²) in [5.41, 5.74) is -0.281. The number of allylic oxidation sites excluding steroid dienone is 1. The number of carbonyl (C=O) groups excluding carboxylic acids is 1. The Labute approximate surface area is 102 Å². The van der Waals surface area contributed by atoms with Crippen LogP contribution in [-0.2, 0) is 9.59 Å². The van der Waals surface area contributed by atoms with Crippen molar-refractivity contribution in [3.05, 3.63) is 12.7 Å². The van der Waals surface area contributed by atoms with Crippen LogP contribution < -0.4 is 0 Å². The van der Waals surface area contributed by atoms with Crippen molar-refractivity contribution in [1.29, 1.82) is 0 Å². The van der Waals surface area contributed by atoms with Gasteiger partial charge in [0, 0.05) is 13.1 Å². The predicted molar refractivity (Wildman–Crippen MR) is 65.6 cm³/mol. The lowest BCUT2D eigenvalue weighted by Gasteiger charge is -2.43. The maximum atomic E-state index is 12.4. The average molecular weight is 239 g/mol. The van der Waals surface area contributed by atoms with Crippen molar-refractivity contribution in [1.82, 2.24) is 4.90 Å². The second-order valence-electron chi connectivity index (χ2n) is 4.66. The zero-order valence-electron chi connectivity index (χ0n) is 10.4. The quantitative estimate of drug-likeness (QED) is 0.692. The Morgan fingerprint density at radius 2 is 2.12 bits per heavy atom. The van der Waals surface area contributed by atoms with Crippen LogP contribution in [0.3, 0.4) is 0 Å². The molecule has 1 rings (SSSR count). The molecule has 0 unspecified atom stereocenters. The van der Waals surface area contributed by atoms with Gasteiger partial charge in [0.25, 0.3) is 0 Å². The van der Waals surface area contributed by atoms with Crippen LogP contribution in [0.4, 0.5) is 0 Å². The summed E-state index contributed by atoms with van der Waals surface area (Å²) in [6.45, 7) is 6.48. The van der Waals surface area contributed by atoms with E-state index < -0.39 is 5.97 Å². The number of rotatable bonds is 7. The van der Waals surface area contributed by atoms with Crippen LogP contribution in [0, 0.1) is 5.41 Å². The van der Waals surface area contributed by atoms with Crippen LogP contribution in [0.25, 0.3) is 0 Å². The van der Waals surface area contributed by atoms with Gasteiger partial charge in [0.05, 0.1) is 11.8 Å². The highest BCUT2D eigenvalue weighted by Gasteiger charge is 2.44. The Morgan fingerprint density at radius 3 is 2.47 bits per heavy atom. The van der Waals surface area contributed by atoms with Gasteiger partial charge in [0.2, 0.25) is 5.91 Å². The molecule has 0 aromatic rings. The number of amides is 1. The number of carbonyl (C=O) groups is 2. The van der Waals surface area contributed by atoms with E-state index in [1.54, 1.807) is 11.0 Å². The van der Waals surface area contributed by atoms with Gasteiger partial charge in [-0.2, -0.15) is 0 Å². The molecule has 96 valence electrons. The number of carboxylic acids is 1. The summed E-state index contributed by atoms with van der Waals surface area (Å²) in [7, 11) is 0. The fraction of sp³-hybridized carbons (Fsp3) is 0.692. The maximum absolute atomic E-state index is 12.4. The predicted octanol–water partition coefficient (Wildman–Crippen LogP) is 2.06. The normalized spacial score (nSPS) is 17.0. The highest BCUT2D eigenvalue weighted by Crippen LogP contribution is 2.45. The van der Waals surface area contributed by atoms with Gasteiger partial charge in [0.1, 0.15) is 0 Å². The molecule has 0 spiro atoms. The van der Waals surface area contributed by atoms with Gasteiger partial charge < -0.3 is 10.0 Å². The van der Waals surface area contributed by atoms with Gasteiger partial charge in [-0.3, -0.25) is 9.59 Å². The van der Waals surface area contributed by atoms with Crippen molar-refractivity contribution in [2.75, 3.05) is 13.1 Å². The zero-order valence-corrected chi connectivity index (χ0v) is 10.4. The minimum Gasteiger partial charge on any atom is -0.481 e. The number of aliphatic carboxylic acids is 1. The first-order valence-corrected chi connectivity index (χ1v) is 6.18. The second-order valence-corrected chi connectivity index (χ2v) is 4.66. The minimum atomic E-state index is -0.859. The molecule has 0 saturated heterocycles. The Balaban J connectivity index is 2.63. The summed E-state index contributed by atoms with van der Waals surface area (Å²) in [4.78, 5) is 24.6. The molecule has 0 aromatic carbocycles. The first kappa shape index (κ1) is 13.7. The lowest BCUT2D eigenvalue weighted by Crippen LogP contribution is -2.48. The first-order valence-electron chi connectivity index (χ1n) is 6.18. The molecule has 1 N–H and O–H groups in total. The molecule has 1 amide bonds. The van der Waals surface area contributed by atoms with Gasteiger partial charge in [-0.15, -0.1) is 6.58 Å². The summed E-state index contributed by atoms with van der Waals surface area (Å²) in [6, 6.07) is 0. The molecule has 17 heavy (non-hydrogen) atoms. The molecule has 0 aliphatic heterocycles. The molecule has 0 atom stereocenters. The van der Waals surface area contributed by atoms with E-state index >= 15 is 0 Å². The van der Waals surface area contributed by atoms with Crippen molar-refractivity contribution in [2.24, 2.45) is 5.41 Å². The molecule has 1 saturated carbocycles. The van der Waals surface area contributed by atoms with Crippen molar-refractivity contribution < 1.29 is 14.7 Å². The highest BCUT2D eigenvalue weighted by atomic mass is 16.4. The zero-order chi connectivity index (χ0) is 12.9. The van der Waals surface area contributed by atoms with E-state index in [9.17, 15) is 9.59 Å². The minimum absolute atomic E-state index is 0.0176. The van der Waals surface area contributed by atoms with Crippen molar-refractivity contribution in [2.45, 2.75) is 39.0 Å². The Morgan fingerprint density at radius 1 is 1.47 bits per heavy atom. The Kier molecular flexibility index (Phi) is 4.73. The molecule has 1 aliphatic carbocycles. The summed E-state index contributed by atoms with van der Waals surface area (Å²) in [6.07, 6.45) is 5.40. The van der Waals surface area contributed by atoms with Crippen LogP contribution in [0.1, 0.15) is 39.0 Å². The second kappa shape index (κ2) is 5.84. The van der Waals surface area contributed by atoms with Gasteiger partial charge in [-0.25, -0.2) is 0 Å². The summed E-state index contributed by atoms with van der Waals surface area (Å²) < 4.78 is 0. The molecule has 0 radical (unpaired) electrons. The van der Waals surface area contributed by atoms with Gasteiger partial charge in [0.15, 0.2) is 0 Å². The van der Waals surface area contributed by atoms with E-state index in [1.807, 2.05) is 6.92 Å². The van der Waals surface area contributed by atoms with Gasteiger partial charge >= 0.3 is 5.97 Å². The molecule has 1 fully saturated rings. The van der Waals surface area contributed by atoms with E-state index in [-0.39, 0.29) is 17.7 Å². The van der Waals surface area contributed by atoms with Crippen LogP contribution in [-0.4, -0.2) is 35.0 Å².